The van der Waals surface area contributed by atoms with Gasteiger partial charge in [0.15, 0.2) is 0 Å². The van der Waals surface area contributed by atoms with Crippen LogP contribution in [-0.4, -0.2) is 24.3 Å². The Morgan fingerprint density at radius 1 is 1.62 bits per heavy atom. The smallest absolute Gasteiger partial charge is 0.131 e. The van der Waals surface area contributed by atoms with E-state index in [4.69, 9.17) is 4.74 Å². The molecule has 1 atom stereocenters. The molecular weight excluding hydrogens is 102 g/mol. The van der Waals surface area contributed by atoms with Gasteiger partial charge in [0.25, 0.3) is 0 Å². The van der Waals surface area contributed by atoms with Gasteiger partial charge < -0.3 is 9.64 Å². The minimum Gasteiger partial charge on any atom is -0.354 e. The molecule has 1 fully saturated rings. The minimum atomic E-state index is 0.431. The number of ether oxygens (including phenoxy) is 1. The lowest BCUT2D eigenvalue weighted by Crippen LogP contribution is -2.47. The van der Waals surface area contributed by atoms with Crippen molar-refractivity contribution in [3.63, 3.8) is 0 Å². The highest BCUT2D eigenvalue weighted by Gasteiger charge is 2.26. The second kappa shape index (κ2) is 1.49. The maximum atomic E-state index is 5.32. The van der Waals surface area contributed by atoms with Crippen LogP contribution in [0.5, 0.6) is 0 Å². The molecule has 0 radical (unpaired) electrons. The van der Waals surface area contributed by atoms with Crippen LogP contribution in [-0.2, 0) is 4.74 Å². The van der Waals surface area contributed by atoms with E-state index in [9.17, 15) is 0 Å². The van der Waals surface area contributed by atoms with Crippen molar-refractivity contribution in [3.05, 3.63) is 12.3 Å². The summed E-state index contributed by atoms with van der Waals surface area (Å²) in [6, 6.07) is 0. The molecule has 1 unspecified atom stereocenters. The van der Waals surface area contributed by atoms with Crippen LogP contribution in [0.25, 0.3) is 0 Å². The fourth-order valence-electron chi connectivity index (χ4n) is 1.08. The second-order valence-corrected chi connectivity index (χ2v) is 2.20. The summed E-state index contributed by atoms with van der Waals surface area (Å²) in [6.45, 7) is 1.99. The van der Waals surface area contributed by atoms with E-state index in [2.05, 4.69) is 17.2 Å². The van der Waals surface area contributed by atoms with Crippen molar-refractivity contribution in [2.75, 3.05) is 13.2 Å². The van der Waals surface area contributed by atoms with Crippen molar-refractivity contribution < 1.29 is 4.74 Å². The molecule has 0 N–H and O–H groups in total. The number of hydrogen-bond donors (Lipinski definition) is 0. The molecule has 0 amide bonds. The van der Waals surface area contributed by atoms with Gasteiger partial charge in [0.05, 0.1) is 6.61 Å². The topological polar surface area (TPSA) is 12.5 Å². The van der Waals surface area contributed by atoms with E-state index >= 15 is 0 Å². The molecule has 1 saturated heterocycles. The van der Waals surface area contributed by atoms with E-state index < -0.39 is 0 Å². The molecule has 8 heavy (non-hydrogen) atoms. The molecule has 2 heteroatoms. The van der Waals surface area contributed by atoms with Gasteiger partial charge in [-0.05, 0) is 12.3 Å². The van der Waals surface area contributed by atoms with Gasteiger partial charge >= 0.3 is 0 Å². The third-order valence-electron chi connectivity index (χ3n) is 1.69. The summed E-state index contributed by atoms with van der Waals surface area (Å²) < 4.78 is 5.32. The zero-order valence-electron chi connectivity index (χ0n) is 4.71. The second-order valence-electron chi connectivity index (χ2n) is 2.20. The number of nitrogens with zero attached hydrogens (tertiary/aromatic N) is 1. The first-order chi connectivity index (χ1) is 3.97. The lowest BCUT2D eigenvalue weighted by molar-refractivity contribution is -0.0979. The Morgan fingerprint density at radius 3 is 3.00 bits per heavy atom. The first-order valence-electron chi connectivity index (χ1n) is 3.01. The standard InChI is InChI=1S/C6H9NO/c1-3-7-4-2-6(7)8-5-1/h1,3,6H,2,4-5H2. The van der Waals surface area contributed by atoms with Crippen molar-refractivity contribution in [1.29, 1.82) is 0 Å². The minimum absolute atomic E-state index is 0.431. The SMILES string of the molecule is C1=CN2CCC2OC1. The average Bonchev–Trinajstić information content (AvgIpc) is 1.72. The zero-order valence-corrected chi connectivity index (χ0v) is 4.71. The molecule has 2 rings (SSSR count). The van der Waals surface area contributed by atoms with Gasteiger partial charge in [-0.15, -0.1) is 0 Å². The largest absolute Gasteiger partial charge is 0.354 e. The molecule has 2 heterocycles. The Bertz CT molecular complexity index is 122. The molecule has 0 aromatic heterocycles. The Balaban J connectivity index is 2.08. The molecule has 2 nitrogen and oxygen atoms in total. The van der Waals surface area contributed by atoms with Crippen LogP contribution in [0.15, 0.2) is 12.3 Å². The first kappa shape index (κ1) is 4.39. The predicted molar refractivity (Wildman–Crippen MR) is 30.2 cm³/mol. The van der Waals surface area contributed by atoms with Gasteiger partial charge in [-0.3, -0.25) is 0 Å². The van der Waals surface area contributed by atoms with Crippen LogP contribution in [0.2, 0.25) is 0 Å². The third-order valence-corrected chi connectivity index (χ3v) is 1.69. The van der Waals surface area contributed by atoms with Crippen LogP contribution < -0.4 is 0 Å². The van der Waals surface area contributed by atoms with Crippen LogP contribution >= 0.6 is 0 Å². The number of rotatable bonds is 0. The van der Waals surface area contributed by atoms with Crippen molar-refractivity contribution in [2.24, 2.45) is 0 Å². The highest BCUT2D eigenvalue weighted by molar-refractivity contribution is 4.93. The summed E-state index contributed by atoms with van der Waals surface area (Å²) >= 11 is 0. The monoisotopic (exact) mass is 111 g/mol. The van der Waals surface area contributed by atoms with Gasteiger partial charge in [0, 0.05) is 13.0 Å². The lowest BCUT2D eigenvalue weighted by atomic mass is 10.2. The normalized spacial score (nSPS) is 34.0. The van der Waals surface area contributed by atoms with Crippen molar-refractivity contribution >= 4 is 0 Å². The van der Waals surface area contributed by atoms with Crippen molar-refractivity contribution in [1.82, 2.24) is 4.90 Å². The van der Waals surface area contributed by atoms with E-state index in [1.54, 1.807) is 0 Å². The molecule has 0 spiro atoms. The molecule has 2 aliphatic rings. The first-order valence-corrected chi connectivity index (χ1v) is 3.01. The summed E-state index contributed by atoms with van der Waals surface area (Å²) in [5, 5.41) is 0. The highest BCUT2D eigenvalue weighted by atomic mass is 16.5. The molecule has 0 bridgehead atoms. The van der Waals surface area contributed by atoms with Gasteiger partial charge in [0.2, 0.25) is 0 Å². The van der Waals surface area contributed by atoms with Crippen molar-refractivity contribution in [2.45, 2.75) is 12.6 Å². The van der Waals surface area contributed by atoms with Crippen LogP contribution in [0.4, 0.5) is 0 Å². The summed E-state index contributed by atoms with van der Waals surface area (Å²) in [5.74, 6) is 0. The maximum Gasteiger partial charge on any atom is 0.131 e. The van der Waals surface area contributed by atoms with Crippen molar-refractivity contribution in [3.8, 4) is 0 Å². The van der Waals surface area contributed by atoms with E-state index in [1.165, 1.54) is 13.0 Å². The predicted octanol–water partition coefficient (Wildman–Crippen LogP) is 0.562. The molecule has 2 aliphatic heterocycles. The van der Waals surface area contributed by atoms with E-state index in [1.807, 2.05) is 0 Å². The van der Waals surface area contributed by atoms with E-state index in [0.717, 1.165) is 6.61 Å². The Morgan fingerprint density at radius 2 is 2.62 bits per heavy atom. The summed E-state index contributed by atoms with van der Waals surface area (Å²) in [4.78, 5) is 2.21. The molecule has 0 aliphatic carbocycles. The molecule has 0 aromatic rings. The van der Waals surface area contributed by atoms with Crippen LogP contribution in [0.3, 0.4) is 0 Å². The maximum absolute atomic E-state index is 5.32. The third kappa shape index (κ3) is 0.464. The molecule has 0 saturated carbocycles. The Kier molecular flexibility index (Phi) is 0.815. The summed E-state index contributed by atoms with van der Waals surface area (Å²) in [7, 11) is 0. The fourth-order valence-corrected chi connectivity index (χ4v) is 1.08. The molecule has 44 valence electrons. The summed E-state index contributed by atoms with van der Waals surface area (Å²) in [5.41, 5.74) is 0. The Labute approximate surface area is 48.7 Å². The van der Waals surface area contributed by atoms with E-state index in [0.29, 0.717) is 6.23 Å². The van der Waals surface area contributed by atoms with Gasteiger partial charge in [-0.2, -0.15) is 0 Å². The van der Waals surface area contributed by atoms with Crippen LogP contribution in [0.1, 0.15) is 6.42 Å². The van der Waals surface area contributed by atoms with Gasteiger partial charge in [-0.25, -0.2) is 0 Å². The summed E-state index contributed by atoms with van der Waals surface area (Å²) in [6.07, 6.45) is 5.82. The molecular formula is C6H9NO. The highest BCUT2D eigenvalue weighted by Crippen LogP contribution is 2.20. The average molecular weight is 111 g/mol. The van der Waals surface area contributed by atoms with Gasteiger partial charge in [-0.1, -0.05) is 0 Å². The van der Waals surface area contributed by atoms with Crippen LogP contribution in [0, 0.1) is 0 Å². The van der Waals surface area contributed by atoms with Gasteiger partial charge in [0.1, 0.15) is 6.23 Å². The Hall–Kier alpha value is -0.500. The lowest BCUT2D eigenvalue weighted by Gasteiger charge is -2.41. The quantitative estimate of drug-likeness (QED) is 0.453. The number of fused-ring (bicyclic) bond motifs is 1. The fraction of sp³-hybridized carbons (Fsp3) is 0.667. The molecule has 0 aromatic carbocycles. The van der Waals surface area contributed by atoms with E-state index in [-0.39, 0.29) is 0 Å². The zero-order chi connectivity index (χ0) is 5.40. The number of hydrogen-bond acceptors (Lipinski definition) is 2.